The van der Waals surface area contributed by atoms with Gasteiger partial charge in [0.2, 0.25) is 5.91 Å². The van der Waals surface area contributed by atoms with Crippen molar-refractivity contribution in [2.45, 2.75) is 30.3 Å². The van der Waals surface area contributed by atoms with Gasteiger partial charge in [0, 0.05) is 53.3 Å². The van der Waals surface area contributed by atoms with Crippen molar-refractivity contribution in [3.8, 4) is 5.75 Å². The van der Waals surface area contributed by atoms with Gasteiger partial charge < -0.3 is 10.1 Å². The second kappa shape index (κ2) is 8.23. The van der Waals surface area contributed by atoms with Gasteiger partial charge in [0.1, 0.15) is 11.3 Å². The van der Waals surface area contributed by atoms with Crippen LogP contribution in [0.5, 0.6) is 5.75 Å². The summed E-state index contributed by atoms with van der Waals surface area (Å²) in [4.78, 5) is 45.5. The summed E-state index contributed by atoms with van der Waals surface area (Å²) in [7, 11) is 1.57. The molecule has 0 saturated carbocycles. The lowest BCUT2D eigenvalue weighted by Crippen LogP contribution is -2.52. The maximum atomic E-state index is 14.3. The number of hydrogen-bond acceptors (Lipinski definition) is 7. The van der Waals surface area contributed by atoms with E-state index in [1.165, 1.54) is 18.3 Å². The number of pyridine rings is 1. The van der Waals surface area contributed by atoms with Gasteiger partial charge >= 0.3 is 0 Å². The number of methoxy groups -OCH3 is 1. The van der Waals surface area contributed by atoms with E-state index in [-0.39, 0.29) is 29.3 Å². The largest absolute Gasteiger partial charge is 0.497 e. The number of carbonyl (C=O) groups is 2. The smallest absolute Gasteiger partial charge is 0.269 e. The van der Waals surface area contributed by atoms with Crippen LogP contribution in [0.2, 0.25) is 0 Å². The second-order valence-corrected chi connectivity index (χ2v) is 9.49. The van der Waals surface area contributed by atoms with Crippen molar-refractivity contribution in [3.63, 3.8) is 0 Å². The summed E-state index contributed by atoms with van der Waals surface area (Å²) < 4.78 is 5.50. The number of aromatic nitrogens is 1. The van der Waals surface area contributed by atoms with E-state index in [0.717, 1.165) is 24.0 Å². The number of ketones is 1. The Labute approximate surface area is 207 Å². The average Bonchev–Trinajstić information content (AvgIpc) is 3.57. The van der Waals surface area contributed by atoms with E-state index in [9.17, 15) is 19.7 Å². The zero-order chi connectivity index (χ0) is 25.0. The van der Waals surface area contributed by atoms with Gasteiger partial charge in [0.15, 0.2) is 5.78 Å². The molecule has 4 heterocycles. The lowest BCUT2D eigenvalue weighted by Gasteiger charge is -2.37. The van der Waals surface area contributed by atoms with Gasteiger partial charge in [-0.25, -0.2) is 0 Å². The number of nitro groups is 1. The van der Waals surface area contributed by atoms with E-state index in [1.54, 1.807) is 43.6 Å². The Morgan fingerprint density at radius 2 is 2.03 bits per heavy atom. The van der Waals surface area contributed by atoms with Crippen LogP contribution in [0.15, 0.2) is 67.0 Å². The van der Waals surface area contributed by atoms with Crippen LogP contribution in [0.1, 0.15) is 40.2 Å². The predicted octanol–water partition coefficient (Wildman–Crippen LogP) is 3.91. The van der Waals surface area contributed by atoms with E-state index in [2.05, 4.69) is 15.2 Å². The van der Waals surface area contributed by atoms with E-state index in [4.69, 9.17) is 4.74 Å². The molecule has 3 aromatic rings. The molecule has 6 rings (SSSR count). The molecule has 3 aliphatic heterocycles. The zero-order valence-electron chi connectivity index (χ0n) is 19.6. The molecule has 1 aromatic heterocycles. The molecule has 1 amide bonds. The lowest BCUT2D eigenvalue weighted by molar-refractivity contribution is -0.384. The summed E-state index contributed by atoms with van der Waals surface area (Å²) in [5.74, 6) is -0.909. The predicted molar refractivity (Wildman–Crippen MR) is 131 cm³/mol. The highest BCUT2D eigenvalue weighted by atomic mass is 16.6. The molecule has 36 heavy (non-hydrogen) atoms. The number of ether oxygens (including phenoxy) is 1. The standard InChI is InChI=1S/C27H24N4O5/c1-36-19-10-11-21-20(14-19)27(26(33)29-21)24(25(32)17-4-2-12-28-15-17)23(22-5-3-13-30(22)27)16-6-8-18(9-7-16)31(34)35/h2,4,6-12,14-15,22-24H,3,5,13H2,1H3,(H,29,33)/t22-,23-,24-,27+/m0/s1. The fourth-order valence-corrected chi connectivity index (χ4v) is 6.55. The number of hydrogen-bond donors (Lipinski definition) is 1. The molecular weight excluding hydrogens is 460 g/mol. The summed E-state index contributed by atoms with van der Waals surface area (Å²) in [5, 5.41) is 14.3. The molecule has 0 unspecified atom stereocenters. The van der Waals surface area contributed by atoms with E-state index in [1.807, 2.05) is 12.1 Å². The molecule has 9 nitrogen and oxygen atoms in total. The molecule has 0 aliphatic carbocycles. The highest BCUT2D eigenvalue weighted by molar-refractivity contribution is 6.12. The molecule has 0 radical (unpaired) electrons. The normalized spacial score (nSPS) is 26.5. The van der Waals surface area contributed by atoms with Crippen molar-refractivity contribution in [3.05, 3.63) is 93.8 Å². The molecule has 182 valence electrons. The van der Waals surface area contributed by atoms with E-state index >= 15 is 0 Å². The minimum Gasteiger partial charge on any atom is -0.497 e. The van der Waals surface area contributed by atoms with Gasteiger partial charge in [-0.05, 0) is 55.3 Å². The van der Waals surface area contributed by atoms with Gasteiger partial charge in [-0.3, -0.25) is 29.6 Å². The van der Waals surface area contributed by atoms with Crippen molar-refractivity contribution in [1.82, 2.24) is 9.88 Å². The first kappa shape index (κ1) is 22.4. The lowest BCUT2D eigenvalue weighted by atomic mass is 9.69. The number of benzene rings is 2. The molecule has 0 bridgehead atoms. The number of anilines is 1. The van der Waals surface area contributed by atoms with Gasteiger partial charge in [-0.2, -0.15) is 0 Å². The van der Waals surface area contributed by atoms with Crippen LogP contribution in [-0.2, 0) is 10.3 Å². The summed E-state index contributed by atoms with van der Waals surface area (Å²) in [6.07, 6.45) is 4.84. The van der Waals surface area contributed by atoms with Crippen LogP contribution in [0, 0.1) is 16.0 Å². The van der Waals surface area contributed by atoms with Gasteiger partial charge in [-0.15, -0.1) is 0 Å². The van der Waals surface area contributed by atoms with Crippen molar-refractivity contribution >= 4 is 23.1 Å². The quantitative estimate of drug-likeness (QED) is 0.332. The Morgan fingerprint density at radius 3 is 2.72 bits per heavy atom. The zero-order valence-corrected chi connectivity index (χ0v) is 19.6. The summed E-state index contributed by atoms with van der Waals surface area (Å²) in [6, 6.07) is 15.2. The van der Waals surface area contributed by atoms with Crippen molar-refractivity contribution < 1.29 is 19.2 Å². The molecule has 9 heteroatoms. The monoisotopic (exact) mass is 484 g/mol. The first-order valence-electron chi connectivity index (χ1n) is 11.9. The number of rotatable bonds is 5. The molecule has 3 aliphatic rings. The number of carbonyl (C=O) groups excluding carboxylic acids is 2. The highest BCUT2D eigenvalue weighted by Crippen LogP contribution is 2.61. The fraction of sp³-hybridized carbons (Fsp3) is 0.296. The first-order valence-corrected chi connectivity index (χ1v) is 11.9. The summed E-state index contributed by atoms with van der Waals surface area (Å²) in [5.41, 5.74) is 1.38. The van der Waals surface area contributed by atoms with Crippen molar-refractivity contribution in [2.24, 2.45) is 5.92 Å². The molecule has 2 fully saturated rings. The van der Waals surface area contributed by atoms with Crippen LogP contribution in [0.3, 0.4) is 0 Å². The number of nitrogens with one attached hydrogen (secondary N) is 1. The Kier molecular flexibility index (Phi) is 5.11. The van der Waals surface area contributed by atoms with Crippen LogP contribution in [0.4, 0.5) is 11.4 Å². The molecule has 2 saturated heterocycles. The molecule has 2 aromatic carbocycles. The third-order valence-corrected chi connectivity index (χ3v) is 7.93. The molecule has 4 atom stereocenters. The number of non-ortho nitro benzene ring substituents is 1. The van der Waals surface area contributed by atoms with Gasteiger partial charge in [0.25, 0.3) is 5.69 Å². The minimum atomic E-state index is -1.23. The van der Waals surface area contributed by atoms with Crippen LogP contribution < -0.4 is 10.1 Å². The Balaban J connectivity index is 1.60. The minimum absolute atomic E-state index is 0.0152. The molecule has 1 spiro atoms. The third kappa shape index (κ3) is 3.02. The van der Waals surface area contributed by atoms with E-state index < -0.39 is 16.4 Å². The average molecular weight is 485 g/mol. The van der Waals surface area contributed by atoms with Crippen LogP contribution in [-0.4, -0.2) is 46.2 Å². The summed E-state index contributed by atoms with van der Waals surface area (Å²) >= 11 is 0. The number of amides is 1. The fourth-order valence-electron chi connectivity index (χ4n) is 6.55. The third-order valence-electron chi connectivity index (χ3n) is 7.93. The van der Waals surface area contributed by atoms with Crippen LogP contribution in [0.25, 0.3) is 0 Å². The van der Waals surface area contributed by atoms with E-state index in [0.29, 0.717) is 23.5 Å². The number of Topliss-reactive ketones (excluding diaryl/α,β-unsaturated/α-hetero) is 1. The first-order chi connectivity index (χ1) is 17.5. The maximum Gasteiger partial charge on any atom is 0.269 e. The number of nitrogens with zero attached hydrogens (tertiary/aromatic N) is 3. The molecule has 1 N–H and O–H groups in total. The summed E-state index contributed by atoms with van der Waals surface area (Å²) in [6.45, 7) is 0.662. The topological polar surface area (TPSA) is 115 Å². The SMILES string of the molecule is COc1ccc2c(c1)[C@]1(C(=O)N2)[C@H](C(=O)c2cccnc2)[C@@H](c2ccc([N+](=O)[O-])cc2)[C@@H]2CCCN21. The van der Waals surface area contributed by atoms with Gasteiger partial charge in [-0.1, -0.05) is 12.1 Å². The second-order valence-electron chi connectivity index (χ2n) is 9.49. The van der Waals surface area contributed by atoms with Crippen molar-refractivity contribution in [1.29, 1.82) is 0 Å². The van der Waals surface area contributed by atoms with Crippen LogP contribution >= 0.6 is 0 Å². The Morgan fingerprint density at radius 1 is 1.22 bits per heavy atom. The molecular formula is C27H24N4O5. The Hall–Kier alpha value is -4.11. The van der Waals surface area contributed by atoms with Gasteiger partial charge in [0.05, 0.1) is 18.0 Å². The van der Waals surface area contributed by atoms with Crippen molar-refractivity contribution in [2.75, 3.05) is 19.0 Å². The maximum absolute atomic E-state index is 14.3. The number of fused-ring (bicyclic) bond motifs is 4. The number of nitro benzene ring substituents is 1. The highest BCUT2D eigenvalue weighted by Gasteiger charge is 2.69. The Bertz CT molecular complexity index is 1380.